The Balaban J connectivity index is 1.73. The molecule has 2 heterocycles. The van der Waals surface area contributed by atoms with Gasteiger partial charge >= 0.3 is 0 Å². The number of rotatable bonds is 9. The van der Waals surface area contributed by atoms with E-state index in [1.165, 1.54) is 17.3 Å². The van der Waals surface area contributed by atoms with Crippen molar-refractivity contribution in [1.82, 2.24) is 15.3 Å². The first-order chi connectivity index (χ1) is 18.1. The summed E-state index contributed by atoms with van der Waals surface area (Å²) in [6, 6.07) is 10.8. The zero-order chi connectivity index (χ0) is 27.4. The van der Waals surface area contributed by atoms with Crippen LogP contribution in [0.5, 0.6) is 5.75 Å². The van der Waals surface area contributed by atoms with Gasteiger partial charge in [0, 0.05) is 0 Å². The maximum Gasteiger partial charge on any atom is 0.229 e. The van der Waals surface area contributed by atoms with Gasteiger partial charge in [0.15, 0.2) is 15.7 Å². The van der Waals surface area contributed by atoms with Crippen molar-refractivity contribution in [1.29, 1.82) is 0 Å². The molecule has 3 N–H and O–H groups in total. The predicted octanol–water partition coefficient (Wildman–Crippen LogP) is 6.36. The van der Waals surface area contributed by atoms with Gasteiger partial charge in [0.25, 0.3) is 0 Å². The second kappa shape index (κ2) is 11.9. The Bertz CT molecular complexity index is 1390. The molecule has 0 atom stereocenters. The van der Waals surface area contributed by atoms with Crippen LogP contribution >= 0.6 is 11.6 Å². The summed E-state index contributed by atoms with van der Waals surface area (Å²) in [6.45, 7) is 11.3. The number of piperidine rings is 1. The zero-order valence-electron chi connectivity index (χ0n) is 22.5. The fourth-order valence-corrected chi connectivity index (χ4v) is 5.99. The molecule has 4 rings (SSSR count). The van der Waals surface area contributed by atoms with E-state index in [0.717, 1.165) is 37.4 Å². The average molecular weight is 558 g/mol. The van der Waals surface area contributed by atoms with E-state index in [1.54, 1.807) is 38.1 Å². The molecule has 1 fully saturated rings. The molecular weight excluding hydrogens is 522 g/mol. The van der Waals surface area contributed by atoms with Gasteiger partial charge in [-0.3, -0.25) is 0 Å². The lowest BCUT2D eigenvalue weighted by atomic mass is 9.86. The monoisotopic (exact) mass is 557 g/mol. The minimum absolute atomic E-state index is 0.0121. The molecule has 204 valence electrons. The third-order valence-corrected chi connectivity index (χ3v) is 9.07. The van der Waals surface area contributed by atoms with Crippen LogP contribution in [0.25, 0.3) is 0 Å². The Kier molecular flexibility index (Phi) is 8.80. The van der Waals surface area contributed by atoms with E-state index < -0.39 is 15.1 Å². The molecule has 1 aliphatic rings. The highest BCUT2D eigenvalue weighted by Gasteiger charge is 2.25. The minimum atomic E-state index is -3.53. The van der Waals surface area contributed by atoms with Gasteiger partial charge in [0.1, 0.15) is 10.8 Å². The normalized spacial score (nSPS) is 14.6. The van der Waals surface area contributed by atoms with Gasteiger partial charge in [0.05, 0.1) is 33.8 Å². The lowest BCUT2D eigenvalue weighted by Gasteiger charge is -2.28. The molecule has 1 aromatic heterocycles. The Morgan fingerprint density at radius 2 is 1.76 bits per heavy atom. The number of benzene rings is 2. The summed E-state index contributed by atoms with van der Waals surface area (Å²) in [7, 11) is -3.53. The number of sulfone groups is 1. The summed E-state index contributed by atoms with van der Waals surface area (Å²) in [5, 5.41) is 9.68. The number of para-hydroxylation sites is 1. The lowest BCUT2D eigenvalue weighted by molar-refractivity contribution is 0.243. The van der Waals surface area contributed by atoms with Crippen LogP contribution in [0.2, 0.25) is 5.02 Å². The molecule has 0 aliphatic carbocycles. The number of aryl methyl sites for hydroxylation is 1. The summed E-state index contributed by atoms with van der Waals surface area (Å²) >= 11 is 6.46. The molecule has 0 amide bonds. The molecule has 8 nitrogen and oxygen atoms in total. The van der Waals surface area contributed by atoms with E-state index in [0.29, 0.717) is 23.4 Å². The number of ether oxygens (including phenoxy) is 1. The van der Waals surface area contributed by atoms with E-state index in [1.807, 2.05) is 19.9 Å². The number of halogens is 1. The number of anilines is 4. The summed E-state index contributed by atoms with van der Waals surface area (Å²) in [5.74, 6) is 1.74. The first-order valence-electron chi connectivity index (χ1n) is 13.0. The number of aromatic nitrogens is 2. The van der Waals surface area contributed by atoms with Crippen LogP contribution in [0.15, 0.2) is 47.5 Å². The van der Waals surface area contributed by atoms with Crippen molar-refractivity contribution in [3.63, 3.8) is 0 Å². The third kappa shape index (κ3) is 6.22. The van der Waals surface area contributed by atoms with Crippen molar-refractivity contribution in [2.75, 3.05) is 23.7 Å². The minimum Gasteiger partial charge on any atom is -0.489 e. The highest BCUT2D eigenvalue weighted by molar-refractivity contribution is 7.92. The summed E-state index contributed by atoms with van der Waals surface area (Å²) in [6.07, 6.45) is 3.54. The van der Waals surface area contributed by atoms with Gasteiger partial charge < -0.3 is 20.7 Å². The van der Waals surface area contributed by atoms with Gasteiger partial charge in [-0.25, -0.2) is 13.4 Å². The van der Waals surface area contributed by atoms with Crippen molar-refractivity contribution in [2.24, 2.45) is 0 Å². The summed E-state index contributed by atoms with van der Waals surface area (Å²) < 4.78 is 32.1. The fourth-order valence-electron chi connectivity index (χ4n) is 4.65. The van der Waals surface area contributed by atoms with E-state index in [9.17, 15) is 8.42 Å². The van der Waals surface area contributed by atoms with Crippen molar-refractivity contribution in [3.05, 3.63) is 58.7 Å². The van der Waals surface area contributed by atoms with Crippen molar-refractivity contribution in [2.45, 2.75) is 69.6 Å². The zero-order valence-corrected chi connectivity index (χ0v) is 24.1. The molecule has 0 unspecified atom stereocenters. The Morgan fingerprint density at radius 3 is 2.45 bits per heavy atom. The SMILES string of the molecule is Cc1ccc(OC(C)C)c(Nc2ncc(Cl)c(Nc3ccccc3S(=O)(=O)C(C)C)n2)c1C1CCNCC1. The van der Waals surface area contributed by atoms with Gasteiger partial charge in [-0.05, 0) is 95.8 Å². The fraction of sp³-hybridized carbons (Fsp3) is 0.429. The first kappa shape index (κ1) is 28.1. The average Bonchev–Trinajstić information content (AvgIpc) is 2.88. The Morgan fingerprint density at radius 1 is 1.05 bits per heavy atom. The molecule has 1 aliphatic heterocycles. The number of hydrogen-bond donors (Lipinski definition) is 3. The summed E-state index contributed by atoms with van der Waals surface area (Å²) in [5.41, 5.74) is 3.63. The number of hydrogen-bond acceptors (Lipinski definition) is 8. The van der Waals surface area contributed by atoms with Crippen molar-refractivity contribution >= 4 is 44.6 Å². The van der Waals surface area contributed by atoms with Crippen molar-refractivity contribution < 1.29 is 13.2 Å². The number of nitrogens with one attached hydrogen (secondary N) is 3. The Labute approximate surface area is 230 Å². The van der Waals surface area contributed by atoms with Crippen LogP contribution < -0.4 is 20.7 Å². The van der Waals surface area contributed by atoms with E-state index >= 15 is 0 Å². The molecule has 0 saturated carbocycles. The molecule has 10 heteroatoms. The third-order valence-electron chi connectivity index (χ3n) is 6.58. The Hall–Kier alpha value is -2.88. The maximum absolute atomic E-state index is 12.9. The van der Waals surface area contributed by atoms with Gasteiger partial charge in [-0.2, -0.15) is 4.98 Å². The van der Waals surface area contributed by atoms with Crippen LogP contribution in [0.1, 0.15) is 57.6 Å². The first-order valence-corrected chi connectivity index (χ1v) is 14.9. The number of nitrogens with zero attached hydrogens (tertiary/aromatic N) is 2. The molecule has 0 bridgehead atoms. The maximum atomic E-state index is 12.9. The highest BCUT2D eigenvalue weighted by Crippen LogP contribution is 2.41. The molecule has 1 saturated heterocycles. The second-order valence-electron chi connectivity index (χ2n) is 10.1. The van der Waals surface area contributed by atoms with Crippen LogP contribution in [0.3, 0.4) is 0 Å². The summed E-state index contributed by atoms with van der Waals surface area (Å²) in [4.78, 5) is 9.26. The van der Waals surface area contributed by atoms with Crippen LogP contribution in [0.4, 0.5) is 23.1 Å². The quantitative estimate of drug-likeness (QED) is 0.279. The van der Waals surface area contributed by atoms with E-state index in [2.05, 4.69) is 38.9 Å². The van der Waals surface area contributed by atoms with Gasteiger partial charge in [-0.15, -0.1) is 0 Å². The van der Waals surface area contributed by atoms with E-state index in [4.69, 9.17) is 16.3 Å². The van der Waals surface area contributed by atoms with Gasteiger partial charge in [0.2, 0.25) is 5.95 Å². The van der Waals surface area contributed by atoms with Gasteiger partial charge in [-0.1, -0.05) is 29.8 Å². The lowest BCUT2D eigenvalue weighted by Crippen LogP contribution is -2.27. The smallest absolute Gasteiger partial charge is 0.229 e. The molecule has 0 radical (unpaired) electrons. The molecule has 38 heavy (non-hydrogen) atoms. The predicted molar refractivity (Wildman–Crippen MR) is 154 cm³/mol. The van der Waals surface area contributed by atoms with E-state index in [-0.39, 0.29) is 16.0 Å². The van der Waals surface area contributed by atoms with Crippen LogP contribution in [-0.2, 0) is 9.84 Å². The van der Waals surface area contributed by atoms with Crippen LogP contribution in [0, 0.1) is 6.92 Å². The standard InChI is InChI=1S/C28H36ClN5O3S/c1-17(2)37-23-11-10-19(5)25(20-12-14-30-15-13-20)26(23)33-28-31-16-21(29)27(34-28)32-22-8-6-7-9-24(22)38(35,36)18(3)4/h6-11,16-18,20,30H,12-15H2,1-5H3,(H2,31,32,33,34). The largest absolute Gasteiger partial charge is 0.489 e. The molecule has 0 spiro atoms. The highest BCUT2D eigenvalue weighted by atomic mass is 35.5. The molecule has 2 aromatic carbocycles. The molecular formula is C28H36ClN5O3S. The van der Waals surface area contributed by atoms with Crippen LogP contribution in [-0.4, -0.2) is 42.8 Å². The molecule has 3 aromatic rings. The second-order valence-corrected chi connectivity index (χ2v) is 13.0. The topological polar surface area (TPSA) is 105 Å². The van der Waals surface area contributed by atoms with Crippen molar-refractivity contribution in [3.8, 4) is 5.75 Å².